The molecule has 3 aromatic rings. The van der Waals surface area contributed by atoms with Crippen LogP contribution in [0.1, 0.15) is 32.4 Å². The van der Waals surface area contributed by atoms with E-state index in [0.717, 1.165) is 28.8 Å². The number of aromatic nitrogens is 2. The number of phenols is 1. The van der Waals surface area contributed by atoms with Crippen LogP contribution in [0.5, 0.6) is 17.2 Å². The maximum atomic E-state index is 10.3. The summed E-state index contributed by atoms with van der Waals surface area (Å²) in [5.41, 5.74) is 1.45. The molecule has 0 amide bonds. The van der Waals surface area contributed by atoms with Gasteiger partial charge in [-0.3, -0.25) is 0 Å². The minimum Gasteiger partial charge on any atom is -0.517 e. The average Bonchev–Trinajstić information content (AvgIpc) is 3.35. The summed E-state index contributed by atoms with van der Waals surface area (Å²) in [6.07, 6.45) is 0. The Balaban J connectivity index is 1.63. The van der Waals surface area contributed by atoms with Crippen molar-refractivity contribution >= 4 is 34.7 Å². The standard InChI is InChI=1S/C21H21N5O3S/c1-21(2,3)18(12-8-9-15-16(10-12)29-11-28-15)24-20-19(25-30-26-20)23-14-7-5-6-13(22-4)17(14)27/h5-10,18,27H,11H2,1-3H3,(H,23,25)(H,24,26). The molecule has 0 fully saturated rings. The fourth-order valence-electron chi connectivity index (χ4n) is 3.24. The number of fused-ring (bicyclic) bond motifs is 1. The number of benzene rings is 2. The zero-order valence-corrected chi connectivity index (χ0v) is 17.6. The molecule has 1 aromatic heterocycles. The summed E-state index contributed by atoms with van der Waals surface area (Å²) >= 11 is 1.06. The molecule has 154 valence electrons. The topological polar surface area (TPSA) is 92.9 Å². The van der Waals surface area contributed by atoms with Crippen molar-refractivity contribution < 1.29 is 14.6 Å². The van der Waals surface area contributed by atoms with E-state index >= 15 is 0 Å². The SMILES string of the molecule is [C-]#[N+]c1cccc(Nc2nsnc2NC(c2ccc3c(c2)OCO3)C(C)(C)C)c1O. The lowest BCUT2D eigenvalue weighted by molar-refractivity contribution is 0.174. The summed E-state index contributed by atoms with van der Waals surface area (Å²) in [4.78, 5) is 3.32. The van der Waals surface area contributed by atoms with Crippen molar-refractivity contribution in [2.45, 2.75) is 26.8 Å². The van der Waals surface area contributed by atoms with Crippen LogP contribution in [0.15, 0.2) is 36.4 Å². The lowest BCUT2D eigenvalue weighted by Gasteiger charge is -2.32. The quantitative estimate of drug-likeness (QED) is 0.370. The van der Waals surface area contributed by atoms with Crippen LogP contribution >= 0.6 is 11.7 Å². The first-order valence-corrected chi connectivity index (χ1v) is 10.0. The third-order valence-electron chi connectivity index (χ3n) is 4.75. The van der Waals surface area contributed by atoms with Crippen molar-refractivity contribution in [2.75, 3.05) is 17.4 Å². The van der Waals surface area contributed by atoms with Crippen LogP contribution in [0.4, 0.5) is 23.0 Å². The van der Waals surface area contributed by atoms with Crippen molar-refractivity contribution in [1.29, 1.82) is 0 Å². The van der Waals surface area contributed by atoms with Gasteiger partial charge < -0.3 is 25.2 Å². The summed E-state index contributed by atoms with van der Waals surface area (Å²) < 4.78 is 19.7. The molecule has 8 nitrogen and oxygen atoms in total. The Hall–Kier alpha value is -3.51. The van der Waals surface area contributed by atoms with Crippen molar-refractivity contribution in [1.82, 2.24) is 8.75 Å². The van der Waals surface area contributed by atoms with Gasteiger partial charge in [0.05, 0.1) is 30.0 Å². The second-order valence-electron chi connectivity index (χ2n) is 7.93. The molecule has 9 heteroatoms. The highest BCUT2D eigenvalue weighted by Gasteiger charge is 2.29. The van der Waals surface area contributed by atoms with E-state index in [1.165, 1.54) is 0 Å². The van der Waals surface area contributed by atoms with Gasteiger partial charge in [-0.1, -0.05) is 39.0 Å². The van der Waals surface area contributed by atoms with Crippen molar-refractivity contribution in [3.8, 4) is 17.2 Å². The Bertz CT molecular complexity index is 1120. The molecule has 2 aromatic carbocycles. The van der Waals surface area contributed by atoms with Gasteiger partial charge >= 0.3 is 0 Å². The molecule has 0 radical (unpaired) electrons. The number of aromatic hydroxyl groups is 1. The van der Waals surface area contributed by atoms with E-state index in [9.17, 15) is 5.11 Å². The van der Waals surface area contributed by atoms with Gasteiger partial charge in [0.25, 0.3) is 0 Å². The van der Waals surface area contributed by atoms with Crippen molar-refractivity contribution in [3.63, 3.8) is 0 Å². The molecule has 1 aliphatic heterocycles. The summed E-state index contributed by atoms with van der Waals surface area (Å²) in [5, 5.41) is 16.9. The molecule has 0 aliphatic carbocycles. The lowest BCUT2D eigenvalue weighted by Crippen LogP contribution is -2.26. The van der Waals surface area contributed by atoms with Crippen LogP contribution in [0.3, 0.4) is 0 Å². The molecule has 1 aliphatic rings. The summed E-state index contributed by atoms with van der Waals surface area (Å²) in [6.45, 7) is 13.8. The highest BCUT2D eigenvalue weighted by molar-refractivity contribution is 6.99. The highest BCUT2D eigenvalue weighted by Crippen LogP contribution is 2.42. The molecular weight excluding hydrogens is 402 g/mol. The Morgan fingerprint density at radius 3 is 2.67 bits per heavy atom. The van der Waals surface area contributed by atoms with Gasteiger partial charge in [0.1, 0.15) is 5.75 Å². The molecule has 1 atom stereocenters. The number of rotatable bonds is 5. The van der Waals surface area contributed by atoms with Gasteiger partial charge in [-0.05, 0) is 29.2 Å². The number of hydrogen-bond donors (Lipinski definition) is 3. The maximum Gasteiger partial charge on any atom is 0.231 e. The van der Waals surface area contributed by atoms with E-state index < -0.39 is 0 Å². The molecule has 3 N–H and O–H groups in total. The number of para-hydroxylation sites is 1. The Morgan fingerprint density at radius 2 is 1.90 bits per heavy atom. The molecule has 0 saturated heterocycles. The third kappa shape index (κ3) is 3.82. The second kappa shape index (κ2) is 7.72. The predicted molar refractivity (Wildman–Crippen MR) is 116 cm³/mol. The zero-order chi connectivity index (χ0) is 21.3. The lowest BCUT2D eigenvalue weighted by atomic mass is 9.82. The van der Waals surface area contributed by atoms with Crippen LogP contribution in [-0.4, -0.2) is 20.6 Å². The average molecular weight is 423 g/mol. The predicted octanol–water partition coefficient (Wildman–Crippen LogP) is 5.47. The van der Waals surface area contributed by atoms with E-state index in [-0.39, 0.29) is 29.7 Å². The van der Waals surface area contributed by atoms with Crippen LogP contribution < -0.4 is 20.1 Å². The third-order valence-corrected chi connectivity index (χ3v) is 5.28. The minimum atomic E-state index is -0.152. The maximum absolute atomic E-state index is 10.3. The fraction of sp³-hybridized carbons (Fsp3) is 0.286. The molecule has 1 unspecified atom stereocenters. The smallest absolute Gasteiger partial charge is 0.231 e. The minimum absolute atomic E-state index is 0.0976. The molecular formula is C21H21N5O3S. The van der Waals surface area contributed by atoms with Gasteiger partial charge in [-0.15, -0.1) is 0 Å². The van der Waals surface area contributed by atoms with Gasteiger partial charge in [-0.25, -0.2) is 4.85 Å². The highest BCUT2D eigenvalue weighted by atomic mass is 32.1. The Labute approximate surface area is 178 Å². The second-order valence-corrected chi connectivity index (χ2v) is 8.46. The van der Waals surface area contributed by atoms with E-state index in [2.05, 4.69) is 45.0 Å². The number of hydrogen-bond acceptors (Lipinski definition) is 8. The summed E-state index contributed by atoms with van der Waals surface area (Å²) in [7, 11) is 0. The first-order chi connectivity index (χ1) is 14.4. The number of anilines is 3. The Morgan fingerprint density at radius 1 is 1.13 bits per heavy atom. The first-order valence-electron chi connectivity index (χ1n) is 9.32. The molecule has 30 heavy (non-hydrogen) atoms. The molecule has 4 rings (SSSR count). The summed E-state index contributed by atoms with van der Waals surface area (Å²) in [5.74, 6) is 2.38. The monoisotopic (exact) mass is 423 g/mol. The Kier molecular flexibility index (Phi) is 5.10. The number of ether oxygens (including phenoxy) is 2. The van der Waals surface area contributed by atoms with E-state index in [1.54, 1.807) is 18.2 Å². The molecule has 0 spiro atoms. The van der Waals surface area contributed by atoms with Crippen molar-refractivity contribution in [3.05, 3.63) is 53.4 Å². The number of nitrogens with zero attached hydrogens (tertiary/aromatic N) is 3. The van der Waals surface area contributed by atoms with Crippen LogP contribution in [0.2, 0.25) is 0 Å². The normalized spacial score (nSPS) is 13.5. The zero-order valence-electron chi connectivity index (χ0n) is 16.8. The van der Waals surface area contributed by atoms with Gasteiger partial charge in [0.2, 0.25) is 12.5 Å². The van der Waals surface area contributed by atoms with Crippen molar-refractivity contribution in [2.24, 2.45) is 5.41 Å². The largest absolute Gasteiger partial charge is 0.517 e. The van der Waals surface area contributed by atoms with Gasteiger partial charge in [0.15, 0.2) is 23.1 Å². The first kappa shape index (κ1) is 19.8. The van der Waals surface area contributed by atoms with Gasteiger partial charge in [0, 0.05) is 0 Å². The van der Waals surface area contributed by atoms with Gasteiger partial charge in [-0.2, -0.15) is 8.75 Å². The molecule has 2 heterocycles. The van der Waals surface area contributed by atoms with Crippen LogP contribution in [0.25, 0.3) is 4.85 Å². The fourth-order valence-corrected chi connectivity index (χ4v) is 3.72. The van der Waals surface area contributed by atoms with E-state index in [1.807, 2.05) is 18.2 Å². The van der Waals surface area contributed by atoms with Crippen LogP contribution in [-0.2, 0) is 0 Å². The number of phenolic OH excluding ortho intramolecular Hbond substituents is 1. The van der Waals surface area contributed by atoms with E-state index in [4.69, 9.17) is 16.0 Å². The number of nitrogens with one attached hydrogen (secondary N) is 2. The molecule has 0 bridgehead atoms. The van der Waals surface area contributed by atoms with Crippen LogP contribution in [0, 0.1) is 12.0 Å². The summed E-state index contributed by atoms with van der Waals surface area (Å²) in [6, 6.07) is 10.7. The molecule has 0 saturated carbocycles. The van der Waals surface area contributed by atoms with E-state index in [0.29, 0.717) is 17.3 Å².